The van der Waals surface area contributed by atoms with Crippen LogP contribution in [0.15, 0.2) is 0 Å². The molecule has 0 spiro atoms. The Morgan fingerprint density at radius 1 is 1.35 bits per heavy atom. The van der Waals surface area contributed by atoms with Gasteiger partial charge >= 0.3 is 0 Å². The second-order valence-corrected chi connectivity index (χ2v) is 4.95. The van der Waals surface area contributed by atoms with Crippen LogP contribution in [-0.2, 0) is 9.59 Å². The summed E-state index contributed by atoms with van der Waals surface area (Å²) in [6, 6.07) is 0.225. The fraction of sp³-hybridized carbons (Fsp3) is 0.833. The summed E-state index contributed by atoms with van der Waals surface area (Å²) in [5.74, 6) is 0.142. The van der Waals surface area contributed by atoms with E-state index in [1.54, 1.807) is 4.90 Å². The van der Waals surface area contributed by atoms with Crippen LogP contribution < -0.4 is 10.6 Å². The Morgan fingerprint density at radius 3 is 2.94 bits per heavy atom. The first-order valence-corrected chi connectivity index (χ1v) is 6.47. The van der Waals surface area contributed by atoms with Gasteiger partial charge in [-0.1, -0.05) is 0 Å². The van der Waals surface area contributed by atoms with Gasteiger partial charge in [-0.15, -0.1) is 0 Å². The number of hydrogen-bond acceptors (Lipinski definition) is 3. The number of nitrogens with zero attached hydrogens (tertiary/aromatic N) is 1. The molecule has 17 heavy (non-hydrogen) atoms. The van der Waals surface area contributed by atoms with Gasteiger partial charge < -0.3 is 15.5 Å². The highest BCUT2D eigenvalue weighted by atomic mass is 16.2. The molecule has 2 aliphatic heterocycles. The van der Waals surface area contributed by atoms with Crippen LogP contribution in [0.1, 0.15) is 26.2 Å². The first-order chi connectivity index (χ1) is 8.18. The van der Waals surface area contributed by atoms with Crippen LogP contribution in [0.25, 0.3) is 0 Å². The minimum atomic E-state index is -0.0349. The number of amides is 2. The zero-order chi connectivity index (χ0) is 12.3. The summed E-state index contributed by atoms with van der Waals surface area (Å²) in [7, 11) is 0. The fourth-order valence-corrected chi connectivity index (χ4v) is 2.61. The number of rotatable bonds is 1. The summed E-state index contributed by atoms with van der Waals surface area (Å²) in [5.41, 5.74) is 0. The van der Waals surface area contributed by atoms with Crippen LogP contribution >= 0.6 is 0 Å². The number of nitrogens with one attached hydrogen (secondary N) is 2. The van der Waals surface area contributed by atoms with Crippen molar-refractivity contribution in [3.05, 3.63) is 0 Å². The van der Waals surface area contributed by atoms with Gasteiger partial charge in [0.2, 0.25) is 11.8 Å². The Kier molecular flexibility index (Phi) is 3.99. The van der Waals surface area contributed by atoms with E-state index in [-0.39, 0.29) is 30.3 Å². The third-order valence-corrected chi connectivity index (χ3v) is 3.65. The molecule has 2 N–H and O–H groups in total. The molecule has 0 radical (unpaired) electrons. The normalized spacial score (nSPS) is 30.6. The van der Waals surface area contributed by atoms with Crippen LogP contribution in [0, 0.1) is 5.92 Å². The molecule has 2 fully saturated rings. The summed E-state index contributed by atoms with van der Waals surface area (Å²) in [4.78, 5) is 25.5. The van der Waals surface area contributed by atoms with Crippen LogP contribution in [-0.4, -0.2) is 48.9 Å². The molecule has 2 aliphatic rings. The lowest BCUT2D eigenvalue weighted by molar-refractivity contribution is -0.140. The van der Waals surface area contributed by atoms with Gasteiger partial charge in [-0.2, -0.15) is 0 Å². The molecule has 2 saturated heterocycles. The molecular formula is C12H21N3O2. The van der Waals surface area contributed by atoms with Crippen molar-refractivity contribution in [3.63, 3.8) is 0 Å². The molecule has 0 bridgehead atoms. The van der Waals surface area contributed by atoms with Crippen LogP contribution in [0.3, 0.4) is 0 Å². The van der Waals surface area contributed by atoms with Crippen molar-refractivity contribution in [1.82, 2.24) is 15.5 Å². The second-order valence-electron chi connectivity index (χ2n) is 4.95. The van der Waals surface area contributed by atoms with Crippen molar-refractivity contribution < 1.29 is 9.59 Å². The first kappa shape index (κ1) is 12.4. The Labute approximate surface area is 102 Å². The van der Waals surface area contributed by atoms with Crippen LogP contribution in [0.4, 0.5) is 0 Å². The van der Waals surface area contributed by atoms with Crippen molar-refractivity contribution in [1.29, 1.82) is 0 Å². The lowest BCUT2D eigenvalue weighted by Gasteiger charge is -2.32. The third-order valence-electron chi connectivity index (χ3n) is 3.65. The Bertz CT molecular complexity index is 306. The van der Waals surface area contributed by atoms with Gasteiger partial charge in [0.15, 0.2) is 0 Å². The van der Waals surface area contributed by atoms with Crippen molar-refractivity contribution >= 4 is 11.8 Å². The highest BCUT2D eigenvalue weighted by Crippen LogP contribution is 2.19. The minimum Gasteiger partial charge on any atom is -0.354 e. The van der Waals surface area contributed by atoms with E-state index in [2.05, 4.69) is 17.6 Å². The average molecular weight is 239 g/mol. The predicted octanol–water partition coefficient (Wildman–Crippen LogP) is -0.277. The smallest absolute Gasteiger partial charge is 0.239 e. The quantitative estimate of drug-likeness (QED) is 0.662. The monoisotopic (exact) mass is 239 g/mol. The van der Waals surface area contributed by atoms with Gasteiger partial charge in [0.05, 0.1) is 12.5 Å². The van der Waals surface area contributed by atoms with E-state index >= 15 is 0 Å². The fourth-order valence-electron chi connectivity index (χ4n) is 2.61. The predicted molar refractivity (Wildman–Crippen MR) is 64.4 cm³/mol. The summed E-state index contributed by atoms with van der Waals surface area (Å²) in [5, 5.41) is 6.13. The molecule has 0 aromatic rings. The van der Waals surface area contributed by atoms with E-state index in [0.29, 0.717) is 13.1 Å². The molecular weight excluding hydrogens is 218 g/mol. The summed E-state index contributed by atoms with van der Waals surface area (Å²) in [6.07, 6.45) is 2.83. The summed E-state index contributed by atoms with van der Waals surface area (Å²) < 4.78 is 0. The molecule has 5 heteroatoms. The molecule has 2 unspecified atom stereocenters. The maximum atomic E-state index is 12.4. The minimum absolute atomic E-state index is 0.0349. The topological polar surface area (TPSA) is 61.4 Å². The lowest BCUT2D eigenvalue weighted by atomic mass is 9.90. The van der Waals surface area contributed by atoms with Crippen molar-refractivity contribution in [3.8, 4) is 0 Å². The maximum absolute atomic E-state index is 12.4. The number of carbonyl (C=O) groups is 2. The number of carbonyl (C=O) groups excluding carboxylic acids is 2. The summed E-state index contributed by atoms with van der Waals surface area (Å²) in [6.45, 7) is 4.65. The van der Waals surface area contributed by atoms with Crippen LogP contribution in [0.5, 0.6) is 0 Å². The van der Waals surface area contributed by atoms with Crippen molar-refractivity contribution in [2.24, 2.45) is 5.92 Å². The van der Waals surface area contributed by atoms with Gasteiger partial charge in [0.1, 0.15) is 0 Å². The number of piperidine rings is 1. The molecule has 2 heterocycles. The van der Waals surface area contributed by atoms with Gasteiger partial charge in [-0.3, -0.25) is 9.59 Å². The zero-order valence-electron chi connectivity index (χ0n) is 10.4. The van der Waals surface area contributed by atoms with E-state index in [9.17, 15) is 9.59 Å². The van der Waals surface area contributed by atoms with E-state index in [1.807, 2.05) is 0 Å². The molecule has 5 nitrogen and oxygen atoms in total. The molecule has 2 amide bonds. The van der Waals surface area contributed by atoms with E-state index in [1.165, 1.54) is 0 Å². The zero-order valence-corrected chi connectivity index (χ0v) is 10.4. The van der Waals surface area contributed by atoms with Gasteiger partial charge in [-0.25, -0.2) is 0 Å². The molecule has 0 aliphatic carbocycles. The highest BCUT2D eigenvalue weighted by molar-refractivity contribution is 5.86. The van der Waals surface area contributed by atoms with Gasteiger partial charge in [-0.05, 0) is 32.7 Å². The van der Waals surface area contributed by atoms with E-state index in [4.69, 9.17) is 0 Å². The SMILES string of the molecule is CC1NCCCC1C(=O)N1CCCNC(=O)C1. The molecule has 96 valence electrons. The highest BCUT2D eigenvalue weighted by Gasteiger charge is 2.32. The second kappa shape index (κ2) is 5.49. The summed E-state index contributed by atoms with van der Waals surface area (Å²) >= 11 is 0. The number of hydrogen-bond donors (Lipinski definition) is 2. The van der Waals surface area contributed by atoms with E-state index < -0.39 is 0 Å². The maximum Gasteiger partial charge on any atom is 0.239 e. The molecule has 0 aromatic heterocycles. The lowest BCUT2D eigenvalue weighted by Crippen LogP contribution is -2.49. The van der Waals surface area contributed by atoms with Gasteiger partial charge in [0, 0.05) is 19.1 Å². The molecule has 2 rings (SSSR count). The molecule has 0 saturated carbocycles. The van der Waals surface area contributed by atoms with Gasteiger partial charge in [0.25, 0.3) is 0 Å². The largest absolute Gasteiger partial charge is 0.354 e. The third kappa shape index (κ3) is 2.97. The first-order valence-electron chi connectivity index (χ1n) is 6.47. The van der Waals surface area contributed by atoms with Crippen molar-refractivity contribution in [2.45, 2.75) is 32.2 Å². The van der Waals surface area contributed by atoms with Crippen molar-refractivity contribution in [2.75, 3.05) is 26.2 Å². The Hall–Kier alpha value is -1.10. The van der Waals surface area contributed by atoms with E-state index in [0.717, 1.165) is 25.8 Å². The standard InChI is InChI=1S/C12H21N3O2/c1-9-10(4-2-5-13-9)12(17)15-7-3-6-14-11(16)8-15/h9-10,13H,2-8H2,1H3,(H,14,16). The Balaban J connectivity index is 1.99. The molecule has 0 aromatic carbocycles. The Morgan fingerprint density at radius 2 is 2.18 bits per heavy atom. The molecule has 2 atom stereocenters. The van der Waals surface area contributed by atoms with Crippen LogP contribution in [0.2, 0.25) is 0 Å². The average Bonchev–Trinajstić information content (AvgIpc) is 2.54.